The Morgan fingerprint density at radius 3 is 2.71 bits per heavy atom. The SMILES string of the molecule is COc1ccc(N2CC(=O)CC2=O)cc1C#N. The number of hydrogen-bond donors (Lipinski definition) is 0. The molecule has 0 N–H and O–H groups in total. The summed E-state index contributed by atoms with van der Waals surface area (Å²) in [6.45, 7) is 0.0794. The van der Waals surface area contributed by atoms with Crippen LogP contribution >= 0.6 is 0 Å². The third-order valence-electron chi connectivity index (χ3n) is 2.60. The van der Waals surface area contributed by atoms with Crippen molar-refractivity contribution >= 4 is 17.4 Å². The minimum absolute atomic E-state index is 0.0616. The summed E-state index contributed by atoms with van der Waals surface area (Å²) in [5, 5.41) is 8.93. The molecule has 0 aliphatic carbocycles. The average molecular weight is 230 g/mol. The van der Waals surface area contributed by atoms with Crippen LogP contribution in [-0.4, -0.2) is 25.3 Å². The van der Waals surface area contributed by atoms with Crippen LogP contribution in [0.5, 0.6) is 5.75 Å². The van der Waals surface area contributed by atoms with Gasteiger partial charge in [-0.1, -0.05) is 0 Å². The summed E-state index contributed by atoms with van der Waals surface area (Å²) in [4.78, 5) is 24.1. The third kappa shape index (κ3) is 1.97. The van der Waals surface area contributed by atoms with E-state index in [1.54, 1.807) is 18.2 Å². The van der Waals surface area contributed by atoms with E-state index >= 15 is 0 Å². The van der Waals surface area contributed by atoms with E-state index in [1.165, 1.54) is 12.0 Å². The third-order valence-corrected chi connectivity index (χ3v) is 2.60. The van der Waals surface area contributed by atoms with Crippen molar-refractivity contribution in [3.05, 3.63) is 23.8 Å². The maximum Gasteiger partial charge on any atom is 0.234 e. The van der Waals surface area contributed by atoms with Gasteiger partial charge in [0.2, 0.25) is 5.91 Å². The number of methoxy groups -OCH3 is 1. The predicted molar refractivity (Wildman–Crippen MR) is 59.7 cm³/mol. The number of ether oxygens (including phenoxy) is 1. The van der Waals surface area contributed by atoms with Gasteiger partial charge in [-0.05, 0) is 18.2 Å². The Balaban J connectivity index is 2.38. The molecule has 1 amide bonds. The molecule has 0 unspecified atom stereocenters. The molecule has 0 aromatic heterocycles. The van der Waals surface area contributed by atoms with Crippen LogP contribution in [-0.2, 0) is 9.59 Å². The fourth-order valence-electron chi connectivity index (χ4n) is 1.77. The highest BCUT2D eigenvalue weighted by Crippen LogP contribution is 2.26. The first-order valence-corrected chi connectivity index (χ1v) is 5.06. The van der Waals surface area contributed by atoms with E-state index < -0.39 is 0 Å². The van der Waals surface area contributed by atoms with Gasteiger partial charge in [0.25, 0.3) is 0 Å². The molecule has 0 atom stereocenters. The van der Waals surface area contributed by atoms with Crippen molar-refractivity contribution in [3.63, 3.8) is 0 Å². The minimum Gasteiger partial charge on any atom is -0.495 e. The smallest absolute Gasteiger partial charge is 0.234 e. The number of rotatable bonds is 2. The second-order valence-electron chi connectivity index (χ2n) is 3.69. The van der Waals surface area contributed by atoms with Gasteiger partial charge in [0, 0.05) is 5.69 Å². The number of nitrogens with zero attached hydrogens (tertiary/aromatic N) is 2. The first-order valence-electron chi connectivity index (χ1n) is 5.06. The molecule has 1 aromatic carbocycles. The largest absolute Gasteiger partial charge is 0.495 e. The van der Waals surface area contributed by atoms with E-state index in [0.29, 0.717) is 17.0 Å². The van der Waals surface area contributed by atoms with E-state index in [2.05, 4.69) is 0 Å². The lowest BCUT2D eigenvalue weighted by Gasteiger charge is -2.15. The molecule has 17 heavy (non-hydrogen) atoms. The van der Waals surface area contributed by atoms with Crippen molar-refractivity contribution < 1.29 is 14.3 Å². The molecule has 5 heteroatoms. The molecule has 1 aliphatic heterocycles. The van der Waals surface area contributed by atoms with Gasteiger partial charge in [0.1, 0.15) is 11.8 Å². The number of nitriles is 1. The molecule has 0 radical (unpaired) electrons. The zero-order valence-electron chi connectivity index (χ0n) is 9.27. The first-order chi connectivity index (χ1) is 8.15. The van der Waals surface area contributed by atoms with Crippen LogP contribution in [0.3, 0.4) is 0 Å². The molecule has 5 nitrogen and oxygen atoms in total. The molecular weight excluding hydrogens is 220 g/mol. The van der Waals surface area contributed by atoms with E-state index in [0.717, 1.165) is 0 Å². The normalized spacial score (nSPS) is 14.9. The van der Waals surface area contributed by atoms with E-state index in [-0.39, 0.29) is 24.7 Å². The van der Waals surface area contributed by atoms with Crippen molar-refractivity contribution in [3.8, 4) is 11.8 Å². The fraction of sp³-hybridized carbons (Fsp3) is 0.250. The summed E-state index contributed by atoms with van der Waals surface area (Å²) in [7, 11) is 1.47. The average Bonchev–Trinajstić information content (AvgIpc) is 2.67. The maximum atomic E-state index is 11.5. The molecule has 0 bridgehead atoms. The van der Waals surface area contributed by atoms with E-state index in [1.807, 2.05) is 6.07 Å². The quantitative estimate of drug-likeness (QED) is 0.707. The molecule has 0 saturated carbocycles. The van der Waals surface area contributed by atoms with Gasteiger partial charge in [0.15, 0.2) is 5.78 Å². The van der Waals surface area contributed by atoms with Crippen molar-refractivity contribution in [2.75, 3.05) is 18.6 Å². The maximum absolute atomic E-state index is 11.5. The monoisotopic (exact) mass is 230 g/mol. The van der Waals surface area contributed by atoms with Crippen LogP contribution in [0.1, 0.15) is 12.0 Å². The highest BCUT2D eigenvalue weighted by atomic mass is 16.5. The van der Waals surface area contributed by atoms with Crippen molar-refractivity contribution in [2.45, 2.75) is 6.42 Å². The second kappa shape index (κ2) is 4.26. The molecule has 86 valence electrons. The van der Waals surface area contributed by atoms with Gasteiger partial charge >= 0.3 is 0 Å². The standard InChI is InChI=1S/C12H10N2O3/c1-17-11-3-2-9(4-8(11)6-13)14-7-10(15)5-12(14)16/h2-4H,5,7H2,1H3. The van der Waals surface area contributed by atoms with Gasteiger partial charge in [-0.3, -0.25) is 9.59 Å². The first kappa shape index (κ1) is 11.1. The highest BCUT2D eigenvalue weighted by Gasteiger charge is 2.28. The number of carbonyl (C=O) groups excluding carboxylic acids is 2. The van der Waals surface area contributed by atoms with Gasteiger partial charge in [0.05, 0.1) is 25.6 Å². The van der Waals surface area contributed by atoms with Gasteiger partial charge in [-0.25, -0.2) is 0 Å². The zero-order valence-corrected chi connectivity index (χ0v) is 9.27. The van der Waals surface area contributed by atoms with Gasteiger partial charge < -0.3 is 9.64 Å². The number of anilines is 1. The molecule has 1 aromatic rings. The molecule has 1 aliphatic rings. The number of hydrogen-bond acceptors (Lipinski definition) is 4. The number of carbonyl (C=O) groups is 2. The highest BCUT2D eigenvalue weighted by molar-refractivity contribution is 6.15. The van der Waals surface area contributed by atoms with Crippen LogP contribution in [0.2, 0.25) is 0 Å². The summed E-state index contributed by atoms with van der Waals surface area (Å²) in [6.07, 6.45) is -0.0616. The van der Waals surface area contributed by atoms with Crippen molar-refractivity contribution in [1.82, 2.24) is 0 Å². The lowest BCUT2D eigenvalue weighted by Crippen LogP contribution is -2.24. The Morgan fingerprint density at radius 1 is 1.41 bits per heavy atom. The summed E-state index contributed by atoms with van der Waals surface area (Å²) in [6, 6.07) is 6.82. The predicted octanol–water partition coefficient (Wildman–Crippen LogP) is 0.873. The van der Waals surface area contributed by atoms with Gasteiger partial charge in [-0.15, -0.1) is 0 Å². The molecule has 1 saturated heterocycles. The van der Waals surface area contributed by atoms with E-state index in [9.17, 15) is 9.59 Å². The van der Waals surface area contributed by atoms with Crippen LogP contribution in [0.4, 0.5) is 5.69 Å². The summed E-state index contributed by atoms with van der Waals surface area (Å²) in [5.74, 6) is 0.114. The Hall–Kier alpha value is -2.35. The molecular formula is C12H10N2O3. The summed E-state index contributed by atoms with van der Waals surface area (Å²) >= 11 is 0. The minimum atomic E-state index is -0.232. The Labute approximate surface area is 98.2 Å². The van der Waals surface area contributed by atoms with Crippen LogP contribution in [0.25, 0.3) is 0 Å². The molecule has 2 rings (SSSR count). The Morgan fingerprint density at radius 2 is 2.18 bits per heavy atom. The molecule has 1 fully saturated rings. The topological polar surface area (TPSA) is 70.4 Å². The van der Waals surface area contributed by atoms with Crippen LogP contribution in [0, 0.1) is 11.3 Å². The number of ketones is 1. The lowest BCUT2D eigenvalue weighted by molar-refractivity contribution is -0.121. The van der Waals surface area contributed by atoms with Crippen LogP contribution < -0.4 is 9.64 Å². The number of benzene rings is 1. The Bertz CT molecular complexity index is 531. The molecule has 0 spiro atoms. The van der Waals surface area contributed by atoms with Gasteiger partial charge in [-0.2, -0.15) is 5.26 Å². The van der Waals surface area contributed by atoms with Crippen molar-refractivity contribution in [2.24, 2.45) is 0 Å². The van der Waals surface area contributed by atoms with Crippen molar-refractivity contribution in [1.29, 1.82) is 5.26 Å². The summed E-state index contributed by atoms with van der Waals surface area (Å²) in [5.41, 5.74) is 0.898. The molecule has 1 heterocycles. The van der Waals surface area contributed by atoms with Crippen LogP contribution in [0.15, 0.2) is 18.2 Å². The van der Waals surface area contributed by atoms with E-state index in [4.69, 9.17) is 10.00 Å². The summed E-state index contributed by atoms with van der Waals surface area (Å²) < 4.78 is 5.01. The lowest BCUT2D eigenvalue weighted by atomic mass is 10.2. The number of amides is 1. The number of Topliss-reactive ketones (excluding diaryl/α,β-unsaturated/α-hetero) is 1. The Kier molecular flexibility index (Phi) is 2.79. The fourth-order valence-corrected chi connectivity index (χ4v) is 1.77. The second-order valence-corrected chi connectivity index (χ2v) is 3.69. The zero-order chi connectivity index (χ0) is 12.4.